The second-order valence-corrected chi connectivity index (χ2v) is 12.9. The van der Waals surface area contributed by atoms with Crippen LogP contribution in [0.3, 0.4) is 0 Å². The third kappa shape index (κ3) is 5.27. The van der Waals surface area contributed by atoms with Crippen molar-refractivity contribution >= 4 is 38.9 Å². The number of fused-ring (bicyclic) bond motifs is 3. The molecule has 5 nitrogen and oxygen atoms in total. The summed E-state index contributed by atoms with van der Waals surface area (Å²) in [4.78, 5) is 2.30. The highest BCUT2D eigenvalue weighted by molar-refractivity contribution is 6.09. The molecule has 0 spiro atoms. The fraction of sp³-hybridized carbons (Fsp3) is 0.0435. The first-order chi connectivity index (χ1) is 25.2. The Kier molecular flexibility index (Phi) is 7.51. The van der Waals surface area contributed by atoms with Gasteiger partial charge in [-0.05, 0) is 110 Å². The third-order valence-corrected chi connectivity index (χ3v) is 9.73. The van der Waals surface area contributed by atoms with Crippen LogP contribution in [0.4, 0.5) is 17.1 Å². The molecule has 0 aliphatic carbocycles. The Bertz CT molecular complexity index is 2560. The van der Waals surface area contributed by atoms with Crippen molar-refractivity contribution in [3.8, 4) is 34.2 Å². The van der Waals surface area contributed by atoms with Crippen LogP contribution in [0.1, 0.15) is 11.1 Å². The fourth-order valence-electron chi connectivity index (χ4n) is 7.36. The molecule has 0 fully saturated rings. The van der Waals surface area contributed by atoms with Crippen molar-refractivity contribution < 1.29 is 0 Å². The van der Waals surface area contributed by atoms with Crippen molar-refractivity contribution in [1.29, 1.82) is 0 Å². The summed E-state index contributed by atoms with van der Waals surface area (Å²) in [6.07, 6.45) is 0. The quantitative estimate of drug-likeness (QED) is 0.171. The lowest BCUT2D eigenvalue weighted by Crippen LogP contribution is -2.10. The van der Waals surface area contributed by atoms with E-state index in [0.717, 1.165) is 51.2 Å². The molecule has 0 radical (unpaired) electrons. The minimum atomic E-state index is 0.798. The van der Waals surface area contributed by atoms with E-state index in [1.165, 1.54) is 32.9 Å². The maximum atomic E-state index is 4.79. The number of rotatable bonds is 7. The normalized spacial score (nSPS) is 11.3. The van der Waals surface area contributed by atoms with Crippen molar-refractivity contribution in [2.45, 2.75) is 13.8 Å². The van der Waals surface area contributed by atoms with Crippen LogP contribution >= 0.6 is 0 Å². The molecule has 0 saturated carbocycles. The molecule has 0 N–H and O–H groups in total. The van der Waals surface area contributed by atoms with Gasteiger partial charge in [0.1, 0.15) is 0 Å². The predicted octanol–water partition coefficient (Wildman–Crippen LogP) is 11.8. The molecule has 7 aromatic carbocycles. The maximum Gasteiger partial charge on any atom is 0.169 e. The van der Waals surface area contributed by atoms with Gasteiger partial charge in [-0.25, -0.2) is 0 Å². The smallest absolute Gasteiger partial charge is 0.169 e. The Labute approximate surface area is 297 Å². The first-order valence-electron chi connectivity index (χ1n) is 17.3. The van der Waals surface area contributed by atoms with Crippen LogP contribution in [0.25, 0.3) is 56.0 Å². The molecule has 5 heteroatoms. The van der Waals surface area contributed by atoms with E-state index in [-0.39, 0.29) is 0 Å². The van der Waals surface area contributed by atoms with Gasteiger partial charge in [-0.1, -0.05) is 91.0 Å². The van der Waals surface area contributed by atoms with Crippen LogP contribution in [0.15, 0.2) is 176 Å². The molecule has 0 unspecified atom stereocenters. The highest BCUT2D eigenvalue weighted by Gasteiger charge is 2.21. The molecule has 0 saturated heterocycles. The van der Waals surface area contributed by atoms with Crippen LogP contribution < -0.4 is 4.90 Å². The van der Waals surface area contributed by atoms with Crippen molar-refractivity contribution in [3.05, 3.63) is 187 Å². The van der Waals surface area contributed by atoms with Gasteiger partial charge in [0, 0.05) is 50.3 Å². The Hall–Kier alpha value is -6.72. The van der Waals surface area contributed by atoms with Gasteiger partial charge in [-0.3, -0.25) is 4.57 Å². The highest BCUT2D eigenvalue weighted by atomic mass is 15.3. The molecular formula is C46H35N5. The first kappa shape index (κ1) is 30.3. The van der Waals surface area contributed by atoms with E-state index >= 15 is 0 Å². The molecule has 9 rings (SSSR count). The van der Waals surface area contributed by atoms with E-state index in [1.807, 2.05) is 6.07 Å². The molecule has 2 aromatic heterocycles. The molecule has 51 heavy (non-hydrogen) atoms. The minimum absolute atomic E-state index is 0.798. The second kappa shape index (κ2) is 12.6. The number of nitrogens with zero attached hydrogens (tertiary/aromatic N) is 5. The SMILES string of the molecule is Cc1cccc(C)c1-c1nnc(-c2ccc(N(c3ccccc3)c3ccc(-n4c5ccccc5c5ccccc54)cc3)cc2)n1-c1ccccc1. The summed E-state index contributed by atoms with van der Waals surface area (Å²) in [6.45, 7) is 4.27. The second-order valence-electron chi connectivity index (χ2n) is 12.9. The number of aromatic nitrogens is 4. The van der Waals surface area contributed by atoms with Crippen LogP contribution in [0, 0.1) is 13.8 Å². The molecular weight excluding hydrogens is 623 g/mol. The lowest BCUT2D eigenvalue weighted by atomic mass is 10.0. The summed E-state index contributed by atoms with van der Waals surface area (Å²) in [5.41, 5.74) is 12.2. The van der Waals surface area contributed by atoms with E-state index in [1.54, 1.807) is 0 Å². The number of aryl methyl sites for hydroxylation is 2. The summed E-state index contributed by atoms with van der Waals surface area (Å²) < 4.78 is 4.53. The van der Waals surface area contributed by atoms with Gasteiger partial charge >= 0.3 is 0 Å². The molecule has 0 atom stereocenters. The molecule has 244 valence electrons. The lowest BCUT2D eigenvalue weighted by molar-refractivity contribution is 1.06. The number of hydrogen-bond acceptors (Lipinski definition) is 3. The van der Waals surface area contributed by atoms with Gasteiger partial charge in [0.15, 0.2) is 11.6 Å². The van der Waals surface area contributed by atoms with Crippen molar-refractivity contribution in [2.75, 3.05) is 4.90 Å². The Morgan fingerprint density at radius 2 is 0.863 bits per heavy atom. The van der Waals surface area contributed by atoms with Crippen molar-refractivity contribution in [3.63, 3.8) is 0 Å². The zero-order valence-electron chi connectivity index (χ0n) is 28.5. The fourth-order valence-corrected chi connectivity index (χ4v) is 7.36. The topological polar surface area (TPSA) is 38.9 Å². The summed E-state index contributed by atoms with van der Waals surface area (Å²) in [6, 6.07) is 62.0. The van der Waals surface area contributed by atoms with Gasteiger partial charge in [-0.2, -0.15) is 0 Å². The lowest BCUT2D eigenvalue weighted by Gasteiger charge is -2.26. The van der Waals surface area contributed by atoms with E-state index in [9.17, 15) is 0 Å². The van der Waals surface area contributed by atoms with Crippen LogP contribution in [0.2, 0.25) is 0 Å². The molecule has 0 bridgehead atoms. The van der Waals surface area contributed by atoms with Gasteiger partial charge in [-0.15, -0.1) is 10.2 Å². The Morgan fingerprint density at radius 3 is 1.47 bits per heavy atom. The standard InChI is InChI=1S/C46H35N5/c1-32-14-13-15-33(2)44(32)46-48-47-45(51(46)36-18-7-4-8-19-36)34-24-26-37(27-25-34)49(35-16-5-3-6-17-35)38-28-30-39(31-29-38)50-42-22-11-9-20-40(42)41-21-10-12-23-43(41)50/h3-31H,1-2H3. The van der Waals surface area contributed by atoms with Gasteiger partial charge in [0.05, 0.1) is 11.0 Å². The molecule has 2 heterocycles. The van der Waals surface area contributed by atoms with Crippen molar-refractivity contribution in [2.24, 2.45) is 0 Å². The summed E-state index contributed by atoms with van der Waals surface area (Å²) in [5.74, 6) is 1.64. The Morgan fingerprint density at radius 1 is 0.392 bits per heavy atom. The number of para-hydroxylation sites is 4. The average Bonchev–Trinajstić information content (AvgIpc) is 3.76. The van der Waals surface area contributed by atoms with Crippen LogP contribution in [-0.4, -0.2) is 19.3 Å². The monoisotopic (exact) mass is 657 g/mol. The van der Waals surface area contributed by atoms with E-state index in [2.05, 4.69) is 198 Å². The molecule has 0 amide bonds. The number of benzene rings is 7. The first-order valence-corrected chi connectivity index (χ1v) is 17.3. The molecule has 9 aromatic rings. The zero-order chi connectivity index (χ0) is 34.3. The van der Waals surface area contributed by atoms with Gasteiger partial charge < -0.3 is 9.47 Å². The van der Waals surface area contributed by atoms with Crippen LogP contribution in [0.5, 0.6) is 0 Å². The van der Waals surface area contributed by atoms with E-state index < -0.39 is 0 Å². The third-order valence-electron chi connectivity index (χ3n) is 9.73. The zero-order valence-corrected chi connectivity index (χ0v) is 28.5. The summed E-state index contributed by atoms with van der Waals surface area (Å²) in [5, 5.41) is 12.1. The number of anilines is 3. The average molecular weight is 658 g/mol. The summed E-state index contributed by atoms with van der Waals surface area (Å²) >= 11 is 0. The minimum Gasteiger partial charge on any atom is -0.311 e. The maximum absolute atomic E-state index is 4.79. The Balaban J connectivity index is 1.13. The predicted molar refractivity (Wildman–Crippen MR) is 211 cm³/mol. The van der Waals surface area contributed by atoms with Gasteiger partial charge in [0.2, 0.25) is 0 Å². The molecule has 0 aliphatic rings. The van der Waals surface area contributed by atoms with Crippen LogP contribution in [-0.2, 0) is 0 Å². The molecule has 0 aliphatic heterocycles. The highest BCUT2D eigenvalue weighted by Crippen LogP contribution is 2.38. The number of hydrogen-bond donors (Lipinski definition) is 0. The van der Waals surface area contributed by atoms with Gasteiger partial charge in [0.25, 0.3) is 0 Å². The largest absolute Gasteiger partial charge is 0.311 e. The van der Waals surface area contributed by atoms with E-state index in [0.29, 0.717) is 0 Å². The summed E-state index contributed by atoms with van der Waals surface area (Å²) in [7, 11) is 0. The van der Waals surface area contributed by atoms with E-state index in [4.69, 9.17) is 10.2 Å². The van der Waals surface area contributed by atoms with Crippen molar-refractivity contribution in [1.82, 2.24) is 19.3 Å².